The van der Waals surface area contributed by atoms with Crippen molar-refractivity contribution < 1.29 is 14.3 Å². The van der Waals surface area contributed by atoms with E-state index in [-0.39, 0.29) is 17.8 Å². The van der Waals surface area contributed by atoms with E-state index in [2.05, 4.69) is 39.6 Å². The summed E-state index contributed by atoms with van der Waals surface area (Å²) in [5.41, 5.74) is 1.57. The number of benzene rings is 1. The molecule has 0 saturated carbocycles. The van der Waals surface area contributed by atoms with Gasteiger partial charge in [-0.1, -0.05) is 43.0 Å². The monoisotopic (exact) mass is 448 g/mol. The zero-order valence-corrected chi connectivity index (χ0v) is 18.9. The third-order valence-corrected chi connectivity index (χ3v) is 5.52. The molecule has 0 aliphatic heterocycles. The van der Waals surface area contributed by atoms with Gasteiger partial charge in [0.05, 0.1) is 12.9 Å². The van der Waals surface area contributed by atoms with Crippen molar-refractivity contribution in [2.24, 2.45) is 5.92 Å². The highest BCUT2D eigenvalue weighted by atomic mass is 32.2. The van der Waals surface area contributed by atoms with Gasteiger partial charge in [0.2, 0.25) is 11.0 Å². The van der Waals surface area contributed by atoms with E-state index in [9.17, 15) is 4.79 Å². The van der Waals surface area contributed by atoms with Crippen molar-refractivity contribution in [1.82, 2.24) is 25.0 Å². The van der Waals surface area contributed by atoms with Crippen molar-refractivity contribution in [3.05, 3.63) is 35.6 Å². The molecule has 0 aliphatic carbocycles. The van der Waals surface area contributed by atoms with Gasteiger partial charge in [-0.05, 0) is 25.0 Å². The van der Waals surface area contributed by atoms with Gasteiger partial charge in [0.1, 0.15) is 17.0 Å². The Bertz CT molecular complexity index is 961. The minimum absolute atomic E-state index is 0.168. The maximum absolute atomic E-state index is 12.2. The summed E-state index contributed by atoms with van der Waals surface area (Å²) in [5, 5.41) is 20.0. The Morgan fingerprint density at radius 2 is 2.03 bits per heavy atom. The van der Waals surface area contributed by atoms with E-state index < -0.39 is 0 Å². The minimum atomic E-state index is -0.326. The standard InChI is InChI=1S/C19H24N6O3S2/c1-12(2)9-25-17(13(3)28-15-7-5-6-14(8-15)27-4)22-24-19(25)29-10-16(26)21-18-23-20-11-30-18/h5-8,11-13H,9-10H2,1-4H3,(H,21,23,26). The third-order valence-electron chi connectivity index (χ3n) is 3.95. The van der Waals surface area contributed by atoms with E-state index in [1.165, 1.54) is 23.1 Å². The maximum atomic E-state index is 12.2. The van der Waals surface area contributed by atoms with Crippen molar-refractivity contribution in [3.63, 3.8) is 0 Å². The third kappa shape index (κ3) is 5.92. The van der Waals surface area contributed by atoms with Crippen LogP contribution >= 0.6 is 23.1 Å². The summed E-state index contributed by atoms with van der Waals surface area (Å²) in [7, 11) is 1.62. The van der Waals surface area contributed by atoms with Gasteiger partial charge >= 0.3 is 0 Å². The summed E-state index contributed by atoms with van der Waals surface area (Å²) < 4.78 is 13.3. The highest BCUT2D eigenvalue weighted by Crippen LogP contribution is 2.27. The Morgan fingerprint density at radius 3 is 2.73 bits per heavy atom. The lowest BCUT2D eigenvalue weighted by molar-refractivity contribution is -0.113. The van der Waals surface area contributed by atoms with Gasteiger partial charge in [-0.2, -0.15) is 0 Å². The lowest BCUT2D eigenvalue weighted by Gasteiger charge is -2.18. The number of nitrogens with one attached hydrogen (secondary N) is 1. The number of amides is 1. The van der Waals surface area contributed by atoms with Crippen LogP contribution in [0.25, 0.3) is 0 Å². The summed E-state index contributed by atoms with van der Waals surface area (Å²) in [5.74, 6) is 2.52. The Morgan fingerprint density at radius 1 is 1.23 bits per heavy atom. The van der Waals surface area contributed by atoms with Crippen LogP contribution in [0.1, 0.15) is 32.7 Å². The van der Waals surface area contributed by atoms with Crippen LogP contribution in [-0.2, 0) is 11.3 Å². The van der Waals surface area contributed by atoms with Gasteiger partial charge in [0, 0.05) is 12.6 Å². The van der Waals surface area contributed by atoms with E-state index >= 15 is 0 Å². The SMILES string of the molecule is COc1cccc(OC(C)c2nnc(SCC(=O)Nc3nncs3)n2CC(C)C)c1. The number of hydrogen-bond acceptors (Lipinski definition) is 9. The molecule has 0 fully saturated rings. The average molecular weight is 449 g/mol. The number of hydrogen-bond donors (Lipinski definition) is 1. The molecule has 1 atom stereocenters. The number of ether oxygens (including phenoxy) is 2. The molecule has 0 radical (unpaired) electrons. The molecule has 11 heteroatoms. The van der Waals surface area contributed by atoms with Crippen LogP contribution in [0.3, 0.4) is 0 Å². The average Bonchev–Trinajstić information content (AvgIpc) is 3.36. The van der Waals surface area contributed by atoms with Crippen molar-refractivity contribution in [3.8, 4) is 11.5 Å². The van der Waals surface area contributed by atoms with Crippen LogP contribution in [0.5, 0.6) is 11.5 Å². The van der Waals surface area contributed by atoms with Gasteiger partial charge in [0.25, 0.3) is 0 Å². The molecule has 1 aromatic carbocycles. The second kappa shape index (κ2) is 10.4. The second-order valence-corrected chi connectivity index (χ2v) is 8.64. The molecule has 0 spiro atoms. The number of carbonyl (C=O) groups is 1. The summed E-state index contributed by atoms with van der Waals surface area (Å²) in [6.07, 6.45) is -0.326. The Hall–Kier alpha value is -2.66. The Kier molecular flexibility index (Phi) is 7.63. The molecule has 0 saturated heterocycles. The van der Waals surface area contributed by atoms with Gasteiger partial charge in [-0.15, -0.1) is 20.4 Å². The summed E-state index contributed by atoms with van der Waals surface area (Å²) in [6, 6.07) is 7.43. The molecule has 3 aromatic rings. The minimum Gasteiger partial charge on any atom is -0.497 e. The van der Waals surface area contributed by atoms with Crippen LogP contribution in [0.15, 0.2) is 34.9 Å². The molecular formula is C19H24N6O3S2. The fourth-order valence-corrected chi connectivity index (χ4v) is 3.90. The number of methoxy groups -OCH3 is 1. The number of nitrogens with zero attached hydrogens (tertiary/aromatic N) is 5. The fourth-order valence-electron chi connectivity index (χ4n) is 2.69. The lowest BCUT2D eigenvalue weighted by atomic mass is 10.2. The van der Waals surface area contributed by atoms with E-state index in [1.807, 2.05) is 35.8 Å². The first-order chi connectivity index (χ1) is 14.5. The highest BCUT2D eigenvalue weighted by Gasteiger charge is 2.21. The van der Waals surface area contributed by atoms with Crippen LogP contribution in [-0.4, -0.2) is 43.7 Å². The molecule has 1 amide bonds. The summed E-state index contributed by atoms with van der Waals surface area (Å²) in [4.78, 5) is 12.2. The molecule has 1 N–H and O–H groups in total. The van der Waals surface area contributed by atoms with Crippen LogP contribution in [0, 0.1) is 5.92 Å². The normalized spacial score (nSPS) is 12.0. The lowest BCUT2D eigenvalue weighted by Crippen LogP contribution is -2.17. The van der Waals surface area contributed by atoms with Crippen LogP contribution in [0.2, 0.25) is 0 Å². The number of aromatic nitrogens is 5. The number of anilines is 1. The molecule has 30 heavy (non-hydrogen) atoms. The topological polar surface area (TPSA) is 104 Å². The predicted molar refractivity (Wildman–Crippen MR) is 116 cm³/mol. The molecule has 3 rings (SSSR count). The second-order valence-electron chi connectivity index (χ2n) is 6.87. The van der Waals surface area contributed by atoms with E-state index in [1.54, 1.807) is 12.6 Å². The van der Waals surface area contributed by atoms with Gasteiger partial charge in [-0.25, -0.2) is 0 Å². The smallest absolute Gasteiger partial charge is 0.236 e. The van der Waals surface area contributed by atoms with Crippen molar-refractivity contribution >= 4 is 34.1 Å². The molecule has 2 aromatic heterocycles. The summed E-state index contributed by atoms with van der Waals surface area (Å²) >= 11 is 2.60. The molecule has 1 unspecified atom stereocenters. The van der Waals surface area contributed by atoms with E-state index in [4.69, 9.17) is 9.47 Å². The van der Waals surface area contributed by atoms with Gasteiger partial charge < -0.3 is 14.0 Å². The van der Waals surface area contributed by atoms with Gasteiger partial charge in [-0.3, -0.25) is 10.1 Å². The van der Waals surface area contributed by atoms with E-state index in [0.717, 1.165) is 5.75 Å². The maximum Gasteiger partial charge on any atom is 0.236 e. The van der Waals surface area contributed by atoms with E-state index in [0.29, 0.717) is 34.3 Å². The zero-order valence-electron chi connectivity index (χ0n) is 17.2. The summed E-state index contributed by atoms with van der Waals surface area (Å²) in [6.45, 7) is 6.88. The molecule has 0 aliphatic rings. The molecule has 9 nitrogen and oxygen atoms in total. The first kappa shape index (κ1) is 22.0. The molecule has 0 bridgehead atoms. The predicted octanol–water partition coefficient (Wildman–Crippen LogP) is 3.67. The van der Waals surface area contributed by atoms with Crippen LogP contribution < -0.4 is 14.8 Å². The molecular weight excluding hydrogens is 424 g/mol. The van der Waals surface area contributed by atoms with Crippen molar-refractivity contribution in [2.75, 3.05) is 18.2 Å². The zero-order chi connectivity index (χ0) is 21.5. The van der Waals surface area contributed by atoms with Gasteiger partial charge in [0.15, 0.2) is 17.1 Å². The first-order valence-electron chi connectivity index (χ1n) is 9.39. The highest BCUT2D eigenvalue weighted by molar-refractivity contribution is 7.99. The fraction of sp³-hybridized carbons (Fsp3) is 0.421. The number of rotatable bonds is 10. The number of carbonyl (C=O) groups excluding carboxylic acids is 1. The van der Waals surface area contributed by atoms with Crippen LogP contribution in [0.4, 0.5) is 5.13 Å². The number of thioether (sulfide) groups is 1. The van der Waals surface area contributed by atoms with Crippen molar-refractivity contribution in [1.29, 1.82) is 0 Å². The van der Waals surface area contributed by atoms with Crippen molar-refractivity contribution in [2.45, 2.75) is 38.6 Å². The Balaban J connectivity index is 1.71. The largest absolute Gasteiger partial charge is 0.497 e. The quantitative estimate of drug-likeness (QED) is 0.469. The Labute approximate surface area is 183 Å². The first-order valence-corrected chi connectivity index (χ1v) is 11.3. The molecule has 160 valence electrons. The molecule has 2 heterocycles.